The largest absolute Gasteiger partial charge is 0.506 e. The fourth-order valence-electron chi connectivity index (χ4n) is 2.41. The van der Waals surface area contributed by atoms with Crippen molar-refractivity contribution in [3.63, 3.8) is 0 Å². The van der Waals surface area contributed by atoms with Gasteiger partial charge in [0, 0.05) is 23.0 Å². The van der Waals surface area contributed by atoms with Crippen molar-refractivity contribution in [2.45, 2.75) is 4.90 Å². The molecule has 0 amide bonds. The molecular weight excluding hydrogens is 374 g/mol. The van der Waals surface area contributed by atoms with Gasteiger partial charge >= 0.3 is 0 Å². The van der Waals surface area contributed by atoms with Crippen LogP contribution >= 0.6 is 12.2 Å². The van der Waals surface area contributed by atoms with Crippen LogP contribution in [0.5, 0.6) is 0 Å². The van der Waals surface area contributed by atoms with Crippen LogP contribution < -0.4 is 10.5 Å². The first-order valence-electron chi connectivity index (χ1n) is 7.32. The van der Waals surface area contributed by atoms with E-state index < -0.39 is 10.0 Å². The average Bonchev–Trinajstić information content (AvgIpc) is 2.84. The zero-order chi connectivity index (χ0) is 18.9. The number of hydrogen-bond acceptors (Lipinski definition) is 5. The van der Waals surface area contributed by atoms with Crippen molar-refractivity contribution >= 4 is 50.8 Å². The Hall–Kier alpha value is -2.88. The number of nitrogens with zero attached hydrogens (tertiary/aromatic N) is 1. The third-order valence-electron chi connectivity index (χ3n) is 3.67. The van der Waals surface area contributed by atoms with Crippen molar-refractivity contribution in [1.82, 2.24) is 0 Å². The molecule has 1 aliphatic rings. The molecule has 0 heterocycles. The van der Waals surface area contributed by atoms with Crippen molar-refractivity contribution < 1.29 is 18.3 Å². The molecule has 2 aromatic rings. The van der Waals surface area contributed by atoms with E-state index in [1.807, 2.05) is 0 Å². The Balaban J connectivity index is 1.73. The number of Topliss-reactive ketones (excluding diaryl/α,β-unsaturated/α-hetero) is 1. The number of fused-ring (bicyclic) bond motifs is 1. The van der Waals surface area contributed by atoms with Crippen LogP contribution in [0.2, 0.25) is 0 Å². The summed E-state index contributed by atoms with van der Waals surface area (Å²) in [6, 6.07) is 12.3. The van der Waals surface area contributed by atoms with Gasteiger partial charge in [-0.25, -0.2) is 18.5 Å². The predicted molar refractivity (Wildman–Crippen MR) is 103 cm³/mol. The highest BCUT2D eigenvalue weighted by molar-refractivity contribution is 7.89. The number of anilines is 1. The van der Waals surface area contributed by atoms with Crippen molar-refractivity contribution in [2.75, 3.05) is 5.32 Å². The van der Waals surface area contributed by atoms with Gasteiger partial charge in [0.05, 0.1) is 10.5 Å². The molecule has 2 aromatic carbocycles. The number of aliphatic hydroxyl groups is 1. The van der Waals surface area contributed by atoms with Crippen LogP contribution in [-0.4, -0.2) is 30.6 Å². The molecule has 0 atom stereocenters. The van der Waals surface area contributed by atoms with Gasteiger partial charge in [-0.05, 0) is 36.5 Å². The summed E-state index contributed by atoms with van der Waals surface area (Å²) in [6.45, 7) is 0. The van der Waals surface area contributed by atoms with Crippen molar-refractivity contribution in [3.05, 3.63) is 65.2 Å². The first-order chi connectivity index (χ1) is 12.3. The molecule has 0 aliphatic heterocycles. The molecule has 9 heteroatoms. The predicted octanol–water partition coefficient (Wildman–Crippen LogP) is 2.27. The number of hydrogen-bond donors (Lipinski definition) is 3. The van der Waals surface area contributed by atoms with Crippen molar-refractivity contribution in [1.29, 1.82) is 0 Å². The molecule has 0 saturated carbocycles. The Morgan fingerprint density at radius 1 is 1.12 bits per heavy atom. The smallest absolute Gasteiger partial charge is 0.238 e. The first-order valence-corrected chi connectivity index (χ1v) is 9.28. The van der Waals surface area contributed by atoms with Gasteiger partial charge in [0.15, 0.2) is 10.9 Å². The second-order valence-corrected chi connectivity index (χ2v) is 7.34. The lowest BCUT2D eigenvalue weighted by Gasteiger charge is -2.04. The minimum Gasteiger partial charge on any atom is -0.506 e. The van der Waals surface area contributed by atoms with Crippen molar-refractivity contribution in [2.24, 2.45) is 10.1 Å². The monoisotopic (exact) mass is 387 g/mol. The summed E-state index contributed by atoms with van der Waals surface area (Å²) in [4.78, 5) is 16.2. The summed E-state index contributed by atoms with van der Waals surface area (Å²) in [7, 11) is -3.77. The van der Waals surface area contributed by atoms with E-state index in [2.05, 4.69) is 10.3 Å². The van der Waals surface area contributed by atoms with E-state index in [0.717, 1.165) is 0 Å². The maximum absolute atomic E-state index is 12.3. The molecule has 0 unspecified atom stereocenters. The molecule has 132 valence electrons. The first kappa shape index (κ1) is 17.9. The van der Waals surface area contributed by atoms with Gasteiger partial charge in [0.25, 0.3) is 0 Å². The minimum atomic E-state index is -3.77. The molecule has 7 nitrogen and oxygen atoms in total. The van der Waals surface area contributed by atoms with E-state index in [-0.39, 0.29) is 27.1 Å². The summed E-state index contributed by atoms with van der Waals surface area (Å²) in [5.41, 5.74) is 1.42. The van der Waals surface area contributed by atoms with Gasteiger partial charge < -0.3 is 10.4 Å². The summed E-state index contributed by atoms with van der Waals surface area (Å²) in [6.07, 6.45) is 1.20. The molecule has 0 bridgehead atoms. The summed E-state index contributed by atoms with van der Waals surface area (Å²) in [5.74, 6) is -0.475. The lowest BCUT2D eigenvalue weighted by molar-refractivity contribution is 0.104. The van der Waals surface area contributed by atoms with Gasteiger partial charge in [0.2, 0.25) is 10.0 Å². The van der Waals surface area contributed by atoms with E-state index in [4.69, 9.17) is 17.4 Å². The van der Waals surface area contributed by atoms with E-state index in [0.29, 0.717) is 16.8 Å². The number of nitrogens with two attached hydrogens (primary N) is 1. The lowest BCUT2D eigenvalue weighted by atomic mass is 10.1. The number of allylic oxidation sites excluding steroid dienone is 1. The van der Waals surface area contributed by atoms with Crippen LogP contribution in [0, 0.1) is 0 Å². The third kappa shape index (κ3) is 3.54. The molecule has 0 aromatic heterocycles. The Kier molecular flexibility index (Phi) is 4.68. The maximum Gasteiger partial charge on any atom is 0.238 e. The topological polar surface area (TPSA) is 122 Å². The van der Waals surface area contributed by atoms with Crippen LogP contribution in [0.3, 0.4) is 0 Å². The molecule has 0 fully saturated rings. The normalized spacial score (nSPS) is 14.0. The van der Waals surface area contributed by atoms with Gasteiger partial charge in [0.1, 0.15) is 5.76 Å². The Bertz CT molecular complexity index is 1070. The van der Waals surface area contributed by atoms with Gasteiger partial charge in [-0.3, -0.25) is 4.79 Å². The number of rotatable bonds is 3. The summed E-state index contributed by atoms with van der Waals surface area (Å²) >= 11 is 5.07. The molecule has 0 radical (unpaired) electrons. The van der Waals surface area contributed by atoms with Crippen LogP contribution in [0.15, 0.2) is 64.0 Å². The van der Waals surface area contributed by atoms with Crippen LogP contribution in [0.1, 0.15) is 15.9 Å². The third-order valence-corrected chi connectivity index (χ3v) is 4.81. The standard InChI is InChI=1S/C17H13N3O4S2/c18-26(23,24)11-7-5-10(6-8-11)20-17(25)19-9-14-15(21)12-3-1-2-4-13(12)16(14)22/h1-9,21H,(H,20,25)(H2,18,23,24)/b19-9+. The van der Waals surface area contributed by atoms with E-state index in [1.54, 1.807) is 24.3 Å². The zero-order valence-electron chi connectivity index (χ0n) is 13.2. The summed E-state index contributed by atoms with van der Waals surface area (Å²) < 4.78 is 22.4. The fraction of sp³-hybridized carbons (Fsp3) is 0. The van der Waals surface area contributed by atoms with Crippen LogP contribution in [0.25, 0.3) is 5.76 Å². The van der Waals surface area contributed by atoms with E-state index >= 15 is 0 Å². The number of sulfonamides is 1. The highest BCUT2D eigenvalue weighted by atomic mass is 32.2. The van der Waals surface area contributed by atoms with E-state index in [1.165, 1.54) is 30.5 Å². The number of aliphatic hydroxyl groups excluding tert-OH is 1. The number of ketones is 1. The number of thiocarbonyl (C=S) groups is 1. The molecule has 0 saturated heterocycles. The zero-order valence-corrected chi connectivity index (χ0v) is 14.8. The van der Waals surface area contributed by atoms with Gasteiger partial charge in [-0.2, -0.15) is 0 Å². The molecule has 1 aliphatic carbocycles. The van der Waals surface area contributed by atoms with E-state index in [9.17, 15) is 18.3 Å². The van der Waals surface area contributed by atoms with Crippen LogP contribution in [0.4, 0.5) is 5.69 Å². The fourth-order valence-corrected chi connectivity index (χ4v) is 3.10. The highest BCUT2D eigenvalue weighted by Gasteiger charge is 2.27. The Morgan fingerprint density at radius 3 is 2.31 bits per heavy atom. The SMILES string of the molecule is NS(=O)(=O)c1ccc(NC(=S)/N=C/C2=C(O)c3ccccc3C2=O)cc1. The van der Waals surface area contributed by atoms with Gasteiger partial charge in [-0.15, -0.1) is 0 Å². The molecule has 3 rings (SSSR count). The maximum atomic E-state index is 12.3. The summed E-state index contributed by atoms with van der Waals surface area (Å²) in [5, 5.41) is 18.0. The molecular formula is C17H13N3O4S2. The average molecular weight is 387 g/mol. The molecule has 0 spiro atoms. The quantitative estimate of drug-likeness (QED) is 0.549. The Labute approximate surface area is 154 Å². The number of aliphatic imine (C=N–C) groups is 1. The molecule has 26 heavy (non-hydrogen) atoms. The number of carbonyl (C=O) groups excluding carboxylic acids is 1. The van der Waals surface area contributed by atoms with Crippen LogP contribution in [-0.2, 0) is 10.0 Å². The van der Waals surface area contributed by atoms with Gasteiger partial charge in [-0.1, -0.05) is 24.3 Å². The second-order valence-electron chi connectivity index (χ2n) is 5.39. The number of nitrogens with one attached hydrogen (secondary N) is 1. The van der Waals surface area contributed by atoms with Crippen molar-refractivity contribution in [3.8, 4) is 0 Å². The Morgan fingerprint density at radius 2 is 1.73 bits per heavy atom. The lowest BCUT2D eigenvalue weighted by Crippen LogP contribution is -2.12. The minimum absolute atomic E-state index is 0.0261. The number of benzene rings is 2. The second kappa shape index (κ2) is 6.79. The number of carbonyl (C=O) groups is 1. The molecule has 4 N–H and O–H groups in total. The number of primary sulfonamides is 1. The highest BCUT2D eigenvalue weighted by Crippen LogP contribution is 2.29.